The first kappa shape index (κ1) is 15.8. The van der Waals surface area contributed by atoms with Gasteiger partial charge >= 0.3 is 81.1 Å². The topological polar surface area (TPSA) is 0 Å². The van der Waals surface area contributed by atoms with Crippen molar-refractivity contribution in [2.75, 3.05) is 0 Å². The summed E-state index contributed by atoms with van der Waals surface area (Å²) in [5.41, 5.74) is 4.83. The van der Waals surface area contributed by atoms with Crippen LogP contribution in [0, 0.1) is 5.41 Å². The fourth-order valence-electron chi connectivity index (χ4n) is 1.59. The molecule has 0 radical (unpaired) electrons. The first-order valence-corrected chi connectivity index (χ1v) is 6.67. The van der Waals surface area contributed by atoms with Gasteiger partial charge in [-0.25, -0.2) is 0 Å². The SMILES string of the molecule is CC(Cl)Cl.CC1=C(C)C(C)(C)[C]([Ti])=C1C. The Morgan fingerprint density at radius 3 is 1.47 bits per heavy atom. The molecule has 1 aliphatic rings. The summed E-state index contributed by atoms with van der Waals surface area (Å²) in [6.45, 7) is 13.0. The van der Waals surface area contributed by atoms with Crippen LogP contribution < -0.4 is 0 Å². The Kier molecular flexibility index (Phi) is 6.22. The molecule has 0 nitrogen and oxygen atoms in total. The second-order valence-electron chi connectivity index (χ2n) is 4.39. The van der Waals surface area contributed by atoms with E-state index in [9.17, 15) is 0 Å². The third kappa shape index (κ3) is 3.93. The van der Waals surface area contributed by atoms with Gasteiger partial charge in [0.25, 0.3) is 0 Å². The second kappa shape index (κ2) is 5.91. The number of hydrogen-bond acceptors (Lipinski definition) is 0. The Labute approximate surface area is 116 Å². The van der Waals surface area contributed by atoms with Gasteiger partial charge in [-0.3, -0.25) is 0 Å². The van der Waals surface area contributed by atoms with Crippen molar-refractivity contribution >= 4 is 23.2 Å². The van der Waals surface area contributed by atoms with Crippen molar-refractivity contribution in [1.82, 2.24) is 0 Å². The molecule has 1 rings (SSSR count). The van der Waals surface area contributed by atoms with Crippen LogP contribution in [0.2, 0.25) is 0 Å². The van der Waals surface area contributed by atoms with Gasteiger partial charge in [0.1, 0.15) is 4.84 Å². The maximum atomic E-state index is 5.04. The predicted octanol–water partition coefficient (Wildman–Crippen LogP) is 4.99. The predicted molar refractivity (Wildman–Crippen MR) is 66.0 cm³/mol. The van der Waals surface area contributed by atoms with E-state index in [0.29, 0.717) is 5.41 Å². The van der Waals surface area contributed by atoms with Crippen molar-refractivity contribution in [3.8, 4) is 0 Å². The summed E-state index contributed by atoms with van der Waals surface area (Å²) in [7, 11) is 0. The van der Waals surface area contributed by atoms with E-state index in [1.54, 1.807) is 6.92 Å². The standard InChI is InChI=1S/C10H15.C2H4Cl2.Ti/c1-7-6-10(4,5)9(3)8(7)2;1-2(3)4;/h1-5H3;2H,1H3;. The molecule has 0 saturated carbocycles. The number of allylic oxidation sites excluding steroid dienone is 4. The first-order valence-electron chi connectivity index (χ1n) is 5.01. The van der Waals surface area contributed by atoms with Gasteiger partial charge in [-0.15, -0.1) is 23.2 Å². The quantitative estimate of drug-likeness (QED) is 0.433. The Balaban J connectivity index is 0.000000423. The van der Waals surface area contributed by atoms with Gasteiger partial charge in [0, 0.05) is 0 Å². The number of rotatable bonds is 0. The van der Waals surface area contributed by atoms with Crippen molar-refractivity contribution in [3.05, 3.63) is 20.6 Å². The zero-order valence-corrected chi connectivity index (χ0v) is 13.4. The van der Waals surface area contributed by atoms with Crippen LogP contribution in [0.4, 0.5) is 0 Å². The Morgan fingerprint density at radius 1 is 1.07 bits per heavy atom. The average molecular weight is 282 g/mol. The zero-order valence-electron chi connectivity index (χ0n) is 10.3. The molecule has 0 atom stereocenters. The molecule has 0 aromatic heterocycles. The molecule has 0 saturated heterocycles. The average Bonchev–Trinajstić information content (AvgIpc) is 2.21. The molecular formula is C12H19Cl2Ti. The monoisotopic (exact) mass is 281 g/mol. The van der Waals surface area contributed by atoms with E-state index in [1.807, 2.05) is 0 Å². The third-order valence-corrected chi connectivity index (χ3v) is 4.62. The number of halogens is 2. The zero-order chi connectivity index (χ0) is 12.4. The van der Waals surface area contributed by atoms with Gasteiger partial charge in [-0.05, 0) is 6.92 Å². The van der Waals surface area contributed by atoms with Crippen LogP contribution in [0.1, 0.15) is 41.5 Å². The molecule has 0 aromatic rings. The van der Waals surface area contributed by atoms with Gasteiger partial charge in [0.2, 0.25) is 0 Å². The summed E-state index contributed by atoms with van der Waals surface area (Å²) in [4.78, 5) is -0.222. The normalized spacial score (nSPS) is 19.5. The van der Waals surface area contributed by atoms with Gasteiger partial charge in [0.15, 0.2) is 0 Å². The van der Waals surface area contributed by atoms with Crippen LogP contribution in [0.3, 0.4) is 0 Å². The van der Waals surface area contributed by atoms with Crippen LogP contribution in [0.25, 0.3) is 0 Å². The van der Waals surface area contributed by atoms with Crippen LogP contribution in [0.5, 0.6) is 0 Å². The van der Waals surface area contributed by atoms with Crippen molar-refractivity contribution in [2.24, 2.45) is 5.41 Å². The summed E-state index contributed by atoms with van der Waals surface area (Å²) in [5.74, 6) is 0. The molecule has 0 N–H and O–H groups in total. The molecular weight excluding hydrogens is 263 g/mol. The van der Waals surface area contributed by atoms with E-state index >= 15 is 0 Å². The van der Waals surface area contributed by atoms with E-state index in [1.165, 1.54) is 20.6 Å². The molecule has 85 valence electrons. The molecule has 15 heavy (non-hydrogen) atoms. The minimum absolute atomic E-state index is 0.222. The molecule has 0 spiro atoms. The van der Waals surface area contributed by atoms with E-state index in [4.69, 9.17) is 23.2 Å². The van der Waals surface area contributed by atoms with E-state index in [2.05, 4.69) is 55.1 Å². The van der Waals surface area contributed by atoms with Crippen molar-refractivity contribution in [2.45, 2.75) is 46.4 Å². The second-order valence-corrected chi connectivity index (χ2v) is 6.71. The van der Waals surface area contributed by atoms with E-state index in [0.717, 1.165) is 0 Å². The Hall–Kier alpha value is 0.774. The molecule has 0 aromatic carbocycles. The van der Waals surface area contributed by atoms with Crippen LogP contribution in [-0.4, -0.2) is 4.84 Å². The molecule has 3 heteroatoms. The van der Waals surface area contributed by atoms with E-state index < -0.39 is 0 Å². The number of alkyl halides is 2. The molecule has 0 heterocycles. The molecule has 0 amide bonds. The molecule has 0 aliphatic heterocycles. The summed E-state index contributed by atoms with van der Waals surface area (Å²) < 4.78 is 1.53. The molecule has 0 bridgehead atoms. The fourth-order valence-corrected chi connectivity index (χ4v) is 2.18. The van der Waals surface area contributed by atoms with E-state index in [-0.39, 0.29) is 4.84 Å². The minimum atomic E-state index is -0.222. The maximum absolute atomic E-state index is 5.04. The molecule has 1 aliphatic carbocycles. The fraction of sp³-hybridized carbons (Fsp3) is 0.667. The van der Waals surface area contributed by atoms with Crippen molar-refractivity contribution in [3.63, 3.8) is 0 Å². The molecule has 0 unspecified atom stereocenters. The van der Waals surface area contributed by atoms with Crippen molar-refractivity contribution < 1.29 is 20.4 Å². The number of hydrogen-bond donors (Lipinski definition) is 0. The summed E-state index contributed by atoms with van der Waals surface area (Å²) in [6, 6.07) is 0. The van der Waals surface area contributed by atoms with Gasteiger partial charge in [-0.1, -0.05) is 0 Å². The van der Waals surface area contributed by atoms with Crippen LogP contribution in [-0.2, 0) is 20.4 Å². The summed E-state index contributed by atoms with van der Waals surface area (Å²) >= 11 is 12.3. The Bertz CT molecular complexity index is 270. The van der Waals surface area contributed by atoms with Crippen LogP contribution in [0.15, 0.2) is 20.6 Å². The van der Waals surface area contributed by atoms with Crippen LogP contribution >= 0.6 is 23.2 Å². The summed E-state index contributed by atoms with van der Waals surface area (Å²) in [5, 5.41) is 0. The van der Waals surface area contributed by atoms with Gasteiger partial charge < -0.3 is 0 Å². The van der Waals surface area contributed by atoms with Crippen molar-refractivity contribution in [1.29, 1.82) is 0 Å². The third-order valence-electron chi connectivity index (χ3n) is 3.06. The first-order chi connectivity index (χ1) is 6.62. The summed E-state index contributed by atoms with van der Waals surface area (Å²) in [6.07, 6.45) is 0. The van der Waals surface area contributed by atoms with Gasteiger partial charge in [-0.2, -0.15) is 0 Å². The molecule has 0 fully saturated rings. The van der Waals surface area contributed by atoms with Gasteiger partial charge in [0.05, 0.1) is 0 Å². The Morgan fingerprint density at radius 2 is 1.40 bits per heavy atom.